The fraction of sp³-hybridized carbons (Fsp3) is 0.0588. The van der Waals surface area contributed by atoms with Gasteiger partial charge in [-0.3, -0.25) is 0 Å². The quantitative estimate of drug-likeness (QED) is 0.477. The van der Waals surface area contributed by atoms with Gasteiger partial charge in [-0.25, -0.2) is 18.6 Å². The smallest absolute Gasteiger partial charge is 0.387 e. The van der Waals surface area contributed by atoms with Crippen LogP contribution < -0.4 is 4.74 Å². The molecule has 1 aliphatic heterocycles. The van der Waals surface area contributed by atoms with Crippen LogP contribution >= 0.6 is 0 Å². The molecule has 0 atom stereocenters. The van der Waals surface area contributed by atoms with E-state index in [1.807, 2.05) is 0 Å². The van der Waals surface area contributed by atoms with Crippen LogP contribution in [0.4, 0.5) is 17.6 Å². The molecule has 0 saturated carbocycles. The number of para-hydroxylation sites is 1. The lowest BCUT2D eigenvalue weighted by atomic mass is 10.2. The Morgan fingerprint density at radius 3 is 2.56 bits per heavy atom. The third-order valence-corrected chi connectivity index (χ3v) is 3.20. The molecule has 3 rings (SSSR count). The van der Waals surface area contributed by atoms with Gasteiger partial charge in [0.1, 0.15) is 5.75 Å². The zero-order chi connectivity index (χ0) is 18.0. The second kappa shape index (κ2) is 6.76. The van der Waals surface area contributed by atoms with E-state index < -0.39 is 24.2 Å². The molecule has 1 aliphatic rings. The minimum absolute atomic E-state index is 0.0600. The molecule has 0 bridgehead atoms. The third kappa shape index (κ3) is 3.68. The zero-order valence-electron chi connectivity index (χ0n) is 12.4. The van der Waals surface area contributed by atoms with Gasteiger partial charge in [0.25, 0.3) is 0 Å². The highest BCUT2D eigenvalue weighted by atomic mass is 19.3. The van der Waals surface area contributed by atoms with Gasteiger partial charge in [0, 0.05) is 0 Å². The summed E-state index contributed by atoms with van der Waals surface area (Å²) in [4.78, 5) is 15.8. The van der Waals surface area contributed by atoms with E-state index >= 15 is 0 Å². The molecule has 0 amide bonds. The Balaban J connectivity index is 1.95. The predicted molar refractivity (Wildman–Crippen MR) is 80.0 cm³/mol. The summed E-state index contributed by atoms with van der Waals surface area (Å²) in [6, 6.07) is 8.70. The van der Waals surface area contributed by atoms with Gasteiger partial charge < -0.3 is 9.47 Å². The van der Waals surface area contributed by atoms with E-state index in [0.29, 0.717) is 0 Å². The normalized spacial score (nSPS) is 15.5. The largest absolute Gasteiger partial charge is 0.434 e. The van der Waals surface area contributed by atoms with Crippen LogP contribution in [0.1, 0.15) is 11.1 Å². The number of nitrogens with zero attached hydrogens (tertiary/aromatic N) is 1. The van der Waals surface area contributed by atoms with E-state index in [-0.39, 0.29) is 28.5 Å². The molecule has 2 aromatic rings. The maximum absolute atomic E-state index is 13.2. The SMILES string of the molecule is O=C1OC(c2ccccc2OC(F)F)=N/C1=C\c1ccc(F)c(F)c1. The van der Waals surface area contributed by atoms with Gasteiger partial charge in [0.15, 0.2) is 17.3 Å². The Morgan fingerprint density at radius 1 is 1.08 bits per heavy atom. The highest BCUT2D eigenvalue weighted by Crippen LogP contribution is 2.26. The molecular weight excluding hydrogens is 342 g/mol. The van der Waals surface area contributed by atoms with Crippen LogP contribution in [-0.2, 0) is 9.53 Å². The molecular formula is C17H9F4NO3. The summed E-state index contributed by atoms with van der Waals surface area (Å²) in [7, 11) is 0. The summed E-state index contributed by atoms with van der Waals surface area (Å²) in [6.07, 6.45) is 1.19. The standard InChI is InChI=1S/C17H9F4NO3/c18-11-6-5-9(7-12(11)19)8-13-16(23)25-15(22-13)10-3-1-2-4-14(10)24-17(20)21/h1-8,17H/b13-8-. The maximum Gasteiger partial charge on any atom is 0.387 e. The van der Waals surface area contributed by atoms with Crippen LogP contribution in [0, 0.1) is 11.6 Å². The minimum Gasteiger partial charge on any atom is -0.434 e. The van der Waals surface area contributed by atoms with Gasteiger partial charge in [0.2, 0.25) is 5.90 Å². The summed E-state index contributed by atoms with van der Waals surface area (Å²) in [5.74, 6) is -3.40. The van der Waals surface area contributed by atoms with Gasteiger partial charge in [-0.15, -0.1) is 0 Å². The molecule has 4 nitrogen and oxygen atoms in total. The van der Waals surface area contributed by atoms with Crippen molar-refractivity contribution in [2.75, 3.05) is 0 Å². The molecule has 0 aromatic heterocycles. The number of ether oxygens (including phenoxy) is 2. The lowest BCUT2D eigenvalue weighted by Crippen LogP contribution is -2.10. The number of hydrogen-bond donors (Lipinski definition) is 0. The highest BCUT2D eigenvalue weighted by molar-refractivity contribution is 6.13. The topological polar surface area (TPSA) is 47.9 Å². The second-order valence-electron chi connectivity index (χ2n) is 4.88. The lowest BCUT2D eigenvalue weighted by Gasteiger charge is -2.08. The van der Waals surface area contributed by atoms with Crippen molar-refractivity contribution < 1.29 is 31.8 Å². The summed E-state index contributed by atoms with van der Waals surface area (Å²) >= 11 is 0. The van der Waals surface area contributed by atoms with Gasteiger partial charge >= 0.3 is 12.6 Å². The fourth-order valence-corrected chi connectivity index (χ4v) is 2.13. The van der Waals surface area contributed by atoms with Crippen LogP contribution in [0.2, 0.25) is 0 Å². The first kappa shape index (κ1) is 16.7. The van der Waals surface area contributed by atoms with Crippen LogP contribution in [0.5, 0.6) is 5.75 Å². The van der Waals surface area contributed by atoms with Crippen LogP contribution in [0.3, 0.4) is 0 Å². The molecule has 0 radical (unpaired) electrons. The van der Waals surface area contributed by atoms with Crippen molar-refractivity contribution in [3.63, 3.8) is 0 Å². The van der Waals surface area contributed by atoms with Crippen molar-refractivity contribution in [3.8, 4) is 5.75 Å². The minimum atomic E-state index is -3.06. The molecule has 0 aliphatic carbocycles. The zero-order valence-corrected chi connectivity index (χ0v) is 12.4. The van der Waals surface area contributed by atoms with Crippen molar-refractivity contribution in [1.29, 1.82) is 0 Å². The summed E-state index contributed by atoms with van der Waals surface area (Å²) < 4.78 is 60.4. The summed E-state index contributed by atoms with van der Waals surface area (Å²) in [5.41, 5.74) is 0.0608. The third-order valence-electron chi connectivity index (χ3n) is 3.20. The Bertz CT molecular complexity index is 893. The van der Waals surface area contributed by atoms with E-state index in [2.05, 4.69) is 9.73 Å². The average Bonchev–Trinajstić information content (AvgIpc) is 2.91. The highest BCUT2D eigenvalue weighted by Gasteiger charge is 2.27. The molecule has 2 aromatic carbocycles. The Labute approximate surface area is 139 Å². The number of hydrogen-bond acceptors (Lipinski definition) is 4. The first-order valence-electron chi connectivity index (χ1n) is 6.96. The lowest BCUT2D eigenvalue weighted by molar-refractivity contribution is -0.129. The molecule has 8 heteroatoms. The first-order valence-corrected chi connectivity index (χ1v) is 6.96. The van der Waals surface area contributed by atoms with Gasteiger partial charge in [-0.1, -0.05) is 18.2 Å². The number of halogens is 4. The Morgan fingerprint density at radius 2 is 1.84 bits per heavy atom. The number of alkyl halides is 2. The van der Waals surface area contributed by atoms with E-state index in [9.17, 15) is 22.4 Å². The van der Waals surface area contributed by atoms with Gasteiger partial charge in [0.05, 0.1) is 5.56 Å². The van der Waals surface area contributed by atoms with Crippen molar-refractivity contribution in [2.24, 2.45) is 4.99 Å². The van der Waals surface area contributed by atoms with E-state index in [0.717, 1.165) is 12.1 Å². The molecule has 0 saturated heterocycles. The number of cyclic esters (lactones) is 1. The van der Waals surface area contributed by atoms with E-state index in [1.54, 1.807) is 0 Å². The number of carbonyl (C=O) groups excluding carboxylic acids is 1. The van der Waals surface area contributed by atoms with Crippen molar-refractivity contribution in [1.82, 2.24) is 0 Å². The molecule has 0 unspecified atom stereocenters. The summed E-state index contributed by atoms with van der Waals surface area (Å²) in [5, 5.41) is 0. The Hall–Kier alpha value is -3.16. The number of carbonyl (C=O) groups is 1. The predicted octanol–water partition coefficient (Wildman–Crippen LogP) is 3.91. The molecule has 0 N–H and O–H groups in total. The number of aliphatic imine (C=N–C) groups is 1. The average molecular weight is 351 g/mol. The van der Waals surface area contributed by atoms with Gasteiger partial charge in [-0.05, 0) is 35.9 Å². The van der Waals surface area contributed by atoms with Crippen LogP contribution in [0.25, 0.3) is 6.08 Å². The molecule has 0 fully saturated rings. The number of rotatable bonds is 4. The van der Waals surface area contributed by atoms with Crippen molar-refractivity contribution in [3.05, 3.63) is 70.9 Å². The molecule has 1 heterocycles. The molecule has 25 heavy (non-hydrogen) atoms. The van der Waals surface area contributed by atoms with E-state index in [4.69, 9.17) is 4.74 Å². The summed E-state index contributed by atoms with van der Waals surface area (Å²) in [6.45, 7) is -3.06. The number of benzene rings is 2. The first-order chi connectivity index (χ1) is 11.9. The van der Waals surface area contributed by atoms with Crippen molar-refractivity contribution in [2.45, 2.75) is 6.61 Å². The van der Waals surface area contributed by atoms with Crippen molar-refractivity contribution >= 4 is 17.9 Å². The molecule has 0 spiro atoms. The monoisotopic (exact) mass is 351 g/mol. The van der Waals surface area contributed by atoms with E-state index in [1.165, 1.54) is 36.4 Å². The Kier molecular flexibility index (Phi) is 4.51. The number of esters is 1. The molecule has 128 valence electrons. The van der Waals surface area contributed by atoms with Crippen LogP contribution in [0.15, 0.2) is 53.2 Å². The van der Waals surface area contributed by atoms with Gasteiger partial charge in [-0.2, -0.15) is 8.78 Å². The van der Waals surface area contributed by atoms with Crippen LogP contribution in [-0.4, -0.2) is 18.5 Å². The second-order valence-corrected chi connectivity index (χ2v) is 4.88. The maximum atomic E-state index is 13.2. The fourth-order valence-electron chi connectivity index (χ4n) is 2.13.